The maximum Gasteiger partial charge on any atom is 0.416 e. The molecule has 0 spiro atoms. The Bertz CT molecular complexity index is 1520. The third kappa shape index (κ3) is 7.99. The Morgan fingerprint density at radius 3 is 2.35 bits per heavy atom. The number of hydrogen-bond acceptors (Lipinski definition) is 7. The predicted molar refractivity (Wildman–Crippen MR) is 153 cm³/mol. The van der Waals surface area contributed by atoms with Crippen molar-refractivity contribution < 1.29 is 35.9 Å². The number of alkyl halides is 3. The highest BCUT2D eigenvalue weighted by Crippen LogP contribution is 2.46. The van der Waals surface area contributed by atoms with Gasteiger partial charge in [-0.2, -0.15) is 13.2 Å². The number of carbonyl (C=O) groups is 1. The second-order valence-electron chi connectivity index (χ2n) is 10.9. The molecule has 43 heavy (non-hydrogen) atoms. The van der Waals surface area contributed by atoms with Crippen LogP contribution >= 0.6 is 0 Å². The number of sulfonamides is 1. The van der Waals surface area contributed by atoms with Gasteiger partial charge in [0.25, 0.3) is 16.5 Å². The number of anilines is 2. The van der Waals surface area contributed by atoms with Crippen LogP contribution in [0.1, 0.15) is 60.6 Å². The van der Waals surface area contributed by atoms with E-state index in [4.69, 9.17) is 9.90 Å². The molecular formula is C29H33F4N5O4S. The highest BCUT2D eigenvalue weighted by molar-refractivity contribution is 7.92. The number of rotatable bonds is 8. The van der Waals surface area contributed by atoms with Crippen LogP contribution in [0.25, 0.3) is 0 Å². The first-order chi connectivity index (χ1) is 20.3. The van der Waals surface area contributed by atoms with E-state index in [-0.39, 0.29) is 36.2 Å². The van der Waals surface area contributed by atoms with Gasteiger partial charge in [0.05, 0.1) is 5.56 Å². The smallest absolute Gasteiger partial charge is 0.416 e. The van der Waals surface area contributed by atoms with Crippen molar-refractivity contribution in [2.75, 3.05) is 24.1 Å². The average Bonchev–Trinajstić information content (AvgIpc) is 3.79. The fourth-order valence-corrected chi connectivity index (χ4v) is 6.64. The van der Waals surface area contributed by atoms with Crippen LogP contribution in [0.5, 0.6) is 0 Å². The first-order valence-electron chi connectivity index (χ1n) is 13.6. The van der Waals surface area contributed by atoms with Gasteiger partial charge in [0.2, 0.25) is 0 Å². The van der Waals surface area contributed by atoms with Crippen LogP contribution in [0.15, 0.2) is 59.9 Å². The lowest BCUT2D eigenvalue weighted by molar-refractivity contribution is -0.137. The molecule has 0 saturated heterocycles. The molecule has 0 aliphatic heterocycles. The topological polar surface area (TPSA) is 125 Å². The number of aromatic nitrogens is 2. The van der Waals surface area contributed by atoms with E-state index in [1.807, 2.05) is 19.0 Å². The maximum absolute atomic E-state index is 15.3. The van der Waals surface area contributed by atoms with Gasteiger partial charge in [0, 0.05) is 24.0 Å². The summed E-state index contributed by atoms with van der Waals surface area (Å²) in [5.41, 5.74) is 1.30. The SMILES string of the molecule is CN(C)[C@H]1C[C@@H](c2cccc(C(F)(F)F)c2)CC[C@@H]1Nc1cc(F)c(S(=O)(=O)Nc2ccncn2)cc1C1CC1.O=CO. The molecule has 0 amide bonds. The van der Waals surface area contributed by atoms with Gasteiger partial charge in [0.1, 0.15) is 22.9 Å². The first-order valence-corrected chi connectivity index (χ1v) is 15.1. The molecule has 5 rings (SSSR count). The summed E-state index contributed by atoms with van der Waals surface area (Å²) in [6.45, 7) is -0.250. The van der Waals surface area contributed by atoms with Crippen LogP contribution < -0.4 is 10.0 Å². The van der Waals surface area contributed by atoms with Crippen molar-refractivity contribution in [3.8, 4) is 0 Å². The second-order valence-corrected chi connectivity index (χ2v) is 12.5. The molecule has 9 nitrogen and oxygen atoms in total. The summed E-state index contributed by atoms with van der Waals surface area (Å²) in [4.78, 5) is 17.6. The summed E-state index contributed by atoms with van der Waals surface area (Å²) < 4.78 is 83.6. The molecule has 3 atom stereocenters. The number of hydrogen-bond donors (Lipinski definition) is 3. The lowest BCUT2D eigenvalue weighted by Gasteiger charge is -2.41. The van der Waals surface area contributed by atoms with E-state index in [2.05, 4.69) is 20.0 Å². The summed E-state index contributed by atoms with van der Waals surface area (Å²) in [7, 11) is -0.387. The van der Waals surface area contributed by atoms with Crippen LogP contribution in [0.4, 0.5) is 29.1 Å². The number of benzene rings is 2. The zero-order valence-corrected chi connectivity index (χ0v) is 24.4. The minimum Gasteiger partial charge on any atom is -0.483 e. The third-order valence-electron chi connectivity index (χ3n) is 7.74. The Morgan fingerprint density at radius 1 is 1.05 bits per heavy atom. The molecule has 14 heteroatoms. The van der Waals surface area contributed by atoms with Crippen LogP contribution in [0.3, 0.4) is 0 Å². The van der Waals surface area contributed by atoms with E-state index >= 15 is 4.39 Å². The number of halogens is 4. The normalized spacial score (nSPS) is 20.6. The van der Waals surface area contributed by atoms with Crippen molar-refractivity contribution >= 4 is 28.0 Å². The van der Waals surface area contributed by atoms with Gasteiger partial charge >= 0.3 is 6.18 Å². The number of nitrogens with zero attached hydrogens (tertiary/aromatic N) is 3. The molecule has 0 bridgehead atoms. The van der Waals surface area contributed by atoms with Crippen LogP contribution in [-0.4, -0.2) is 61.0 Å². The molecule has 2 aliphatic rings. The van der Waals surface area contributed by atoms with Crippen molar-refractivity contribution in [1.82, 2.24) is 14.9 Å². The van der Waals surface area contributed by atoms with E-state index in [1.54, 1.807) is 6.07 Å². The maximum atomic E-state index is 15.3. The number of nitrogens with one attached hydrogen (secondary N) is 2. The number of likely N-dealkylation sites (N-methyl/N-ethyl adjacent to an activating group) is 1. The van der Waals surface area contributed by atoms with Gasteiger partial charge in [-0.25, -0.2) is 22.8 Å². The van der Waals surface area contributed by atoms with Crippen molar-refractivity contribution in [3.05, 3.63) is 77.5 Å². The monoisotopic (exact) mass is 623 g/mol. The molecule has 0 unspecified atom stereocenters. The Balaban J connectivity index is 0.00000135. The summed E-state index contributed by atoms with van der Waals surface area (Å²) in [6.07, 6.45) is 1.87. The quantitative estimate of drug-likeness (QED) is 0.216. The number of carboxylic acid groups (broad SMARTS) is 1. The van der Waals surface area contributed by atoms with E-state index in [0.717, 1.165) is 24.5 Å². The zero-order valence-electron chi connectivity index (χ0n) is 23.6. The Kier molecular flexibility index (Phi) is 9.90. The molecule has 3 aromatic rings. The summed E-state index contributed by atoms with van der Waals surface area (Å²) in [5.74, 6) is -0.772. The summed E-state index contributed by atoms with van der Waals surface area (Å²) >= 11 is 0. The van der Waals surface area contributed by atoms with E-state index in [0.29, 0.717) is 30.5 Å². The molecule has 2 aromatic carbocycles. The highest BCUT2D eigenvalue weighted by Gasteiger charge is 2.37. The molecule has 2 fully saturated rings. The molecule has 2 saturated carbocycles. The van der Waals surface area contributed by atoms with Crippen LogP contribution in [-0.2, 0) is 21.0 Å². The molecule has 1 heterocycles. The van der Waals surface area contributed by atoms with E-state index in [9.17, 15) is 21.6 Å². The Labute approximate surface area is 247 Å². The highest BCUT2D eigenvalue weighted by atomic mass is 32.2. The zero-order chi connectivity index (χ0) is 31.4. The average molecular weight is 624 g/mol. The molecule has 3 N–H and O–H groups in total. The minimum absolute atomic E-state index is 0.0359. The van der Waals surface area contributed by atoms with E-state index < -0.39 is 32.5 Å². The molecule has 0 radical (unpaired) electrons. The van der Waals surface area contributed by atoms with Gasteiger partial charge in [0.15, 0.2) is 0 Å². The fraction of sp³-hybridized carbons (Fsp3) is 0.414. The lowest BCUT2D eigenvalue weighted by Crippen LogP contribution is -2.47. The van der Waals surface area contributed by atoms with Crippen LogP contribution in [0.2, 0.25) is 0 Å². The first kappa shape index (κ1) is 32.1. The largest absolute Gasteiger partial charge is 0.483 e. The second kappa shape index (κ2) is 13.2. The summed E-state index contributed by atoms with van der Waals surface area (Å²) in [6, 6.07) is 9.40. The molecule has 2 aliphatic carbocycles. The Morgan fingerprint density at radius 2 is 1.74 bits per heavy atom. The Hall–Kier alpha value is -3.78. The van der Waals surface area contributed by atoms with Gasteiger partial charge in [-0.1, -0.05) is 18.2 Å². The fourth-order valence-electron chi connectivity index (χ4n) is 5.53. The van der Waals surface area contributed by atoms with Crippen molar-refractivity contribution in [2.45, 2.75) is 67.1 Å². The third-order valence-corrected chi connectivity index (χ3v) is 9.11. The standard InChI is InChI=1S/C28H31F4N5O2S.CH2O2/c1-37(2)25-13-19(18-4-3-5-20(12-18)28(30,31)32)8-9-23(25)35-24-15-22(29)26(14-21(24)17-6-7-17)40(38,39)36-27-10-11-33-16-34-27;2-1-3/h3-5,10-12,14-17,19,23,25,35H,6-9,13H2,1-2H3,(H,33,34,36);1H,(H,2,3)/t19-,23-,25-;/m0./s1. The van der Waals surface area contributed by atoms with Gasteiger partial charge < -0.3 is 15.3 Å². The van der Waals surface area contributed by atoms with E-state index in [1.165, 1.54) is 42.9 Å². The van der Waals surface area contributed by atoms with Gasteiger partial charge in [-0.05, 0) is 93.4 Å². The molecule has 1 aromatic heterocycles. The predicted octanol–water partition coefficient (Wildman–Crippen LogP) is 5.69. The van der Waals surface area contributed by atoms with Gasteiger partial charge in [-0.3, -0.25) is 9.52 Å². The van der Waals surface area contributed by atoms with Crippen molar-refractivity contribution in [2.24, 2.45) is 0 Å². The lowest BCUT2D eigenvalue weighted by atomic mass is 9.77. The minimum atomic E-state index is -4.40. The van der Waals surface area contributed by atoms with Crippen molar-refractivity contribution in [3.63, 3.8) is 0 Å². The molecule has 232 valence electrons. The summed E-state index contributed by atoms with van der Waals surface area (Å²) in [5, 5.41) is 10.4. The van der Waals surface area contributed by atoms with Crippen molar-refractivity contribution in [1.29, 1.82) is 0 Å². The molecular weight excluding hydrogens is 590 g/mol. The van der Waals surface area contributed by atoms with Gasteiger partial charge in [-0.15, -0.1) is 0 Å². The van der Waals surface area contributed by atoms with Crippen LogP contribution in [0, 0.1) is 5.82 Å².